The third-order valence-corrected chi connectivity index (χ3v) is 2.96. The van der Waals surface area contributed by atoms with E-state index in [0.717, 1.165) is 24.9 Å². The van der Waals surface area contributed by atoms with Crippen LogP contribution in [0.15, 0.2) is 24.3 Å². The average molecular weight is 209 g/mol. The van der Waals surface area contributed by atoms with E-state index in [1.54, 1.807) is 7.11 Å². The van der Waals surface area contributed by atoms with Gasteiger partial charge in [-0.15, -0.1) is 0 Å². The van der Waals surface area contributed by atoms with E-state index in [9.17, 15) is 4.39 Å². The van der Waals surface area contributed by atoms with Crippen LogP contribution in [0.1, 0.15) is 24.4 Å². The summed E-state index contributed by atoms with van der Waals surface area (Å²) in [4.78, 5) is 0. The molecular formula is C12H16FNO. The zero-order chi connectivity index (χ0) is 10.7. The van der Waals surface area contributed by atoms with Crippen LogP contribution in [-0.2, 0) is 4.74 Å². The van der Waals surface area contributed by atoms with E-state index in [2.05, 4.69) is 5.32 Å². The number of ether oxygens (including phenoxy) is 1. The maximum Gasteiger partial charge on any atom is 0.123 e. The summed E-state index contributed by atoms with van der Waals surface area (Å²) in [6.45, 7) is 0.959. The van der Waals surface area contributed by atoms with Crippen molar-refractivity contribution in [3.05, 3.63) is 35.6 Å². The van der Waals surface area contributed by atoms with Crippen LogP contribution in [0.2, 0.25) is 0 Å². The van der Waals surface area contributed by atoms with Gasteiger partial charge in [-0.3, -0.25) is 0 Å². The molecule has 1 heterocycles. The Balaban J connectivity index is 2.06. The largest absolute Gasteiger partial charge is 0.381 e. The van der Waals surface area contributed by atoms with E-state index < -0.39 is 0 Å². The molecule has 82 valence electrons. The molecule has 1 aliphatic rings. The summed E-state index contributed by atoms with van der Waals surface area (Å²) in [7, 11) is 1.75. The maximum atomic E-state index is 12.8. The number of halogens is 1. The third-order valence-electron chi connectivity index (χ3n) is 2.96. The molecule has 1 aromatic carbocycles. The van der Waals surface area contributed by atoms with Crippen LogP contribution in [0.4, 0.5) is 4.39 Å². The van der Waals surface area contributed by atoms with E-state index in [4.69, 9.17) is 4.74 Å². The van der Waals surface area contributed by atoms with Crippen LogP contribution < -0.4 is 5.32 Å². The summed E-state index contributed by atoms with van der Waals surface area (Å²) in [5, 5.41) is 3.42. The van der Waals surface area contributed by atoms with Crippen LogP contribution in [0, 0.1) is 5.82 Å². The summed E-state index contributed by atoms with van der Waals surface area (Å²) >= 11 is 0. The first-order chi connectivity index (χ1) is 7.29. The lowest BCUT2D eigenvalue weighted by Gasteiger charge is -2.29. The molecule has 1 aliphatic heterocycles. The normalized spacial score (nSPS) is 26.5. The van der Waals surface area contributed by atoms with Gasteiger partial charge >= 0.3 is 0 Å². The molecule has 0 aliphatic carbocycles. The Morgan fingerprint density at radius 3 is 2.73 bits per heavy atom. The fourth-order valence-corrected chi connectivity index (χ4v) is 2.05. The molecule has 1 aromatic rings. The lowest BCUT2D eigenvalue weighted by molar-refractivity contribution is 0.0619. The smallest absolute Gasteiger partial charge is 0.123 e. The minimum absolute atomic E-state index is 0.183. The van der Waals surface area contributed by atoms with Gasteiger partial charge in [0.15, 0.2) is 0 Å². The molecule has 0 radical (unpaired) electrons. The second kappa shape index (κ2) is 4.73. The van der Waals surface area contributed by atoms with Crippen molar-refractivity contribution in [2.24, 2.45) is 0 Å². The second-order valence-corrected chi connectivity index (χ2v) is 3.94. The molecular weight excluding hydrogens is 193 g/mol. The van der Waals surface area contributed by atoms with Gasteiger partial charge in [0, 0.05) is 13.2 Å². The highest BCUT2D eigenvalue weighted by atomic mass is 19.1. The van der Waals surface area contributed by atoms with E-state index >= 15 is 0 Å². The summed E-state index contributed by atoms with van der Waals surface area (Å²) in [6.07, 6.45) is 2.33. The zero-order valence-corrected chi connectivity index (χ0v) is 8.87. The Bertz CT molecular complexity index is 312. The Hall–Kier alpha value is -0.930. The van der Waals surface area contributed by atoms with E-state index in [1.807, 2.05) is 12.1 Å². The molecule has 1 saturated heterocycles. The molecule has 1 N–H and O–H groups in total. The summed E-state index contributed by atoms with van der Waals surface area (Å²) in [6, 6.07) is 6.99. The molecule has 2 atom stereocenters. The third kappa shape index (κ3) is 2.55. The Morgan fingerprint density at radius 2 is 2.07 bits per heavy atom. The monoisotopic (exact) mass is 209 g/mol. The number of piperidine rings is 1. The van der Waals surface area contributed by atoms with Gasteiger partial charge in [0.2, 0.25) is 0 Å². The highest BCUT2D eigenvalue weighted by Crippen LogP contribution is 2.24. The van der Waals surface area contributed by atoms with Crippen molar-refractivity contribution in [1.82, 2.24) is 5.32 Å². The Morgan fingerprint density at radius 1 is 1.33 bits per heavy atom. The highest BCUT2D eigenvalue weighted by Gasteiger charge is 2.22. The molecule has 0 aromatic heterocycles. The molecule has 2 nitrogen and oxygen atoms in total. The van der Waals surface area contributed by atoms with E-state index in [-0.39, 0.29) is 5.82 Å². The number of hydrogen-bond donors (Lipinski definition) is 1. The van der Waals surface area contributed by atoms with E-state index in [1.165, 1.54) is 12.1 Å². The van der Waals surface area contributed by atoms with Gasteiger partial charge in [0.25, 0.3) is 0 Å². The van der Waals surface area contributed by atoms with Gasteiger partial charge in [-0.25, -0.2) is 4.39 Å². The SMILES string of the molecule is COC1CCN[C@H](c2ccc(F)cc2)C1. The molecule has 15 heavy (non-hydrogen) atoms. The van der Waals surface area contributed by atoms with Crippen LogP contribution in [0.25, 0.3) is 0 Å². The quantitative estimate of drug-likeness (QED) is 0.806. The maximum absolute atomic E-state index is 12.8. The van der Waals surface area contributed by atoms with Crippen LogP contribution in [0.5, 0.6) is 0 Å². The van der Waals surface area contributed by atoms with Gasteiger partial charge in [-0.1, -0.05) is 12.1 Å². The lowest BCUT2D eigenvalue weighted by atomic mass is 9.95. The van der Waals surface area contributed by atoms with Gasteiger partial charge < -0.3 is 10.1 Å². The molecule has 3 heteroatoms. The van der Waals surface area contributed by atoms with Crippen molar-refractivity contribution in [3.63, 3.8) is 0 Å². The lowest BCUT2D eigenvalue weighted by Crippen LogP contribution is -2.35. The fourth-order valence-electron chi connectivity index (χ4n) is 2.05. The molecule has 1 unspecified atom stereocenters. The summed E-state index contributed by atoms with van der Waals surface area (Å²) < 4.78 is 18.1. The first kappa shape index (κ1) is 10.6. The first-order valence-corrected chi connectivity index (χ1v) is 5.31. The van der Waals surface area contributed by atoms with E-state index in [0.29, 0.717) is 12.1 Å². The number of rotatable bonds is 2. The molecule has 0 amide bonds. The van der Waals surface area contributed by atoms with Gasteiger partial charge in [-0.2, -0.15) is 0 Å². The van der Waals surface area contributed by atoms with Crippen LogP contribution >= 0.6 is 0 Å². The fraction of sp³-hybridized carbons (Fsp3) is 0.500. The summed E-state index contributed by atoms with van der Waals surface area (Å²) in [5.74, 6) is -0.183. The van der Waals surface area contributed by atoms with Crippen molar-refractivity contribution in [3.8, 4) is 0 Å². The van der Waals surface area contributed by atoms with Crippen molar-refractivity contribution in [1.29, 1.82) is 0 Å². The standard InChI is InChI=1S/C12H16FNO/c1-15-11-6-7-14-12(8-11)9-2-4-10(13)5-3-9/h2-5,11-12,14H,6-8H2,1H3/t11?,12-/m0/s1. The van der Waals surface area contributed by atoms with Crippen molar-refractivity contribution >= 4 is 0 Å². The van der Waals surface area contributed by atoms with Crippen LogP contribution in [0.3, 0.4) is 0 Å². The molecule has 0 bridgehead atoms. The van der Waals surface area contributed by atoms with Crippen LogP contribution in [-0.4, -0.2) is 19.8 Å². The number of hydrogen-bond acceptors (Lipinski definition) is 2. The predicted molar refractivity (Wildman–Crippen MR) is 57.2 cm³/mol. The molecule has 1 fully saturated rings. The Labute approximate surface area is 89.4 Å². The summed E-state index contributed by atoms with van der Waals surface area (Å²) in [5.41, 5.74) is 1.14. The molecule has 2 rings (SSSR count). The highest BCUT2D eigenvalue weighted by molar-refractivity contribution is 5.20. The number of benzene rings is 1. The Kier molecular flexibility index (Phi) is 3.34. The minimum atomic E-state index is -0.183. The molecule has 0 spiro atoms. The van der Waals surface area contributed by atoms with Crippen molar-refractivity contribution < 1.29 is 9.13 Å². The predicted octanol–water partition coefficient (Wildman–Crippen LogP) is 2.27. The second-order valence-electron chi connectivity index (χ2n) is 3.94. The number of methoxy groups -OCH3 is 1. The topological polar surface area (TPSA) is 21.3 Å². The van der Waals surface area contributed by atoms with Gasteiger partial charge in [0.05, 0.1) is 6.10 Å². The van der Waals surface area contributed by atoms with Crippen molar-refractivity contribution in [2.75, 3.05) is 13.7 Å². The van der Waals surface area contributed by atoms with Crippen molar-refractivity contribution in [2.45, 2.75) is 25.0 Å². The molecule has 0 saturated carbocycles. The number of nitrogens with one attached hydrogen (secondary N) is 1. The first-order valence-electron chi connectivity index (χ1n) is 5.31. The minimum Gasteiger partial charge on any atom is -0.381 e. The zero-order valence-electron chi connectivity index (χ0n) is 8.87. The van der Waals surface area contributed by atoms with Gasteiger partial charge in [-0.05, 0) is 37.1 Å². The average Bonchev–Trinajstić information content (AvgIpc) is 2.30. The van der Waals surface area contributed by atoms with Gasteiger partial charge in [0.1, 0.15) is 5.82 Å².